The Morgan fingerprint density at radius 3 is 2.64 bits per heavy atom. The zero-order valence-corrected chi connectivity index (χ0v) is 7.34. The molecule has 0 N–H and O–H groups in total. The van der Waals surface area contributed by atoms with Crippen molar-refractivity contribution in [2.75, 3.05) is 6.61 Å². The third-order valence-corrected chi connectivity index (χ3v) is 1.79. The molecular formula is C10H16O. The Labute approximate surface area is 68.8 Å². The van der Waals surface area contributed by atoms with E-state index in [9.17, 15) is 0 Å². The Morgan fingerprint density at radius 2 is 2.18 bits per heavy atom. The summed E-state index contributed by atoms with van der Waals surface area (Å²) in [7, 11) is 0. The van der Waals surface area contributed by atoms with E-state index < -0.39 is 0 Å². The fourth-order valence-electron chi connectivity index (χ4n) is 1.15. The minimum atomic E-state index is 0.495. The average Bonchev–Trinajstić information content (AvgIpc) is 2.92. The summed E-state index contributed by atoms with van der Waals surface area (Å²) in [5.74, 6) is 0. The minimum absolute atomic E-state index is 0.495. The molecule has 0 spiro atoms. The number of ether oxygens (including phenoxy) is 1. The summed E-state index contributed by atoms with van der Waals surface area (Å²) in [5.41, 5.74) is 1.48. The van der Waals surface area contributed by atoms with Gasteiger partial charge in [0.1, 0.15) is 6.10 Å². The highest BCUT2D eigenvalue weighted by Gasteiger charge is 2.26. The van der Waals surface area contributed by atoms with Crippen LogP contribution >= 0.6 is 0 Å². The van der Waals surface area contributed by atoms with Crippen molar-refractivity contribution in [3.63, 3.8) is 0 Å². The maximum Gasteiger partial charge on any atom is 0.102 e. The molecule has 2 rings (SSSR count). The van der Waals surface area contributed by atoms with Gasteiger partial charge in [0.2, 0.25) is 0 Å². The van der Waals surface area contributed by atoms with Gasteiger partial charge in [0.25, 0.3) is 0 Å². The van der Waals surface area contributed by atoms with Crippen molar-refractivity contribution in [2.45, 2.75) is 32.8 Å². The molecule has 0 amide bonds. The summed E-state index contributed by atoms with van der Waals surface area (Å²) in [6.45, 7) is 4.96. The van der Waals surface area contributed by atoms with Gasteiger partial charge in [-0.15, -0.1) is 0 Å². The van der Waals surface area contributed by atoms with Gasteiger partial charge in [-0.25, -0.2) is 0 Å². The van der Waals surface area contributed by atoms with E-state index in [1.807, 2.05) is 13.8 Å². The van der Waals surface area contributed by atoms with E-state index in [0.717, 1.165) is 6.61 Å². The Hall–Kier alpha value is -0.560. The van der Waals surface area contributed by atoms with E-state index in [1.54, 1.807) is 0 Å². The number of hydrogen-bond acceptors (Lipinski definition) is 1. The minimum Gasteiger partial charge on any atom is -0.368 e. The molecule has 0 saturated carbocycles. The quantitative estimate of drug-likeness (QED) is 0.526. The summed E-state index contributed by atoms with van der Waals surface area (Å²) in [6, 6.07) is 0. The molecular weight excluding hydrogens is 136 g/mol. The first-order chi connectivity index (χ1) is 5.47. The lowest BCUT2D eigenvalue weighted by Crippen LogP contribution is -1.94. The first-order valence-electron chi connectivity index (χ1n) is 4.44. The number of rotatable bonds is 1. The molecule has 1 heterocycles. The molecule has 62 valence electrons. The predicted octanol–water partition coefficient (Wildman–Crippen LogP) is 2.69. The first-order valence-corrected chi connectivity index (χ1v) is 4.44. The highest BCUT2D eigenvalue weighted by Crippen LogP contribution is 2.25. The third kappa shape index (κ3) is 2.51. The van der Waals surface area contributed by atoms with Crippen molar-refractivity contribution in [3.8, 4) is 0 Å². The van der Waals surface area contributed by atoms with Crippen molar-refractivity contribution in [3.05, 3.63) is 23.8 Å². The van der Waals surface area contributed by atoms with E-state index >= 15 is 0 Å². The lowest BCUT2D eigenvalue weighted by molar-refractivity contribution is 0.427. The second kappa shape index (κ2) is 4.35. The summed E-state index contributed by atoms with van der Waals surface area (Å²) < 4.78 is 5.15. The van der Waals surface area contributed by atoms with E-state index in [2.05, 4.69) is 18.2 Å². The van der Waals surface area contributed by atoms with Crippen LogP contribution in [0.5, 0.6) is 0 Å². The van der Waals surface area contributed by atoms with E-state index in [4.69, 9.17) is 4.74 Å². The molecule has 1 atom stereocenters. The van der Waals surface area contributed by atoms with Crippen LogP contribution in [0.3, 0.4) is 0 Å². The van der Waals surface area contributed by atoms with Crippen LogP contribution in [0.4, 0.5) is 0 Å². The topological polar surface area (TPSA) is 12.5 Å². The molecule has 2 aliphatic rings. The molecule has 1 nitrogen and oxygen atoms in total. The van der Waals surface area contributed by atoms with Crippen molar-refractivity contribution < 1.29 is 4.74 Å². The maximum atomic E-state index is 5.15. The van der Waals surface area contributed by atoms with Crippen LogP contribution in [0.15, 0.2) is 23.8 Å². The highest BCUT2D eigenvalue weighted by atomic mass is 16.6. The maximum absolute atomic E-state index is 5.15. The number of allylic oxidation sites excluding steroid dienone is 3. The second-order valence-corrected chi connectivity index (χ2v) is 2.53. The summed E-state index contributed by atoms with van der Waals surface area (Å²) in [6.07, 6.45) is 9.41. The largest absolute Gasteiger partial charge is 0.368 e. The fourth-order valence-corrected chi connectivity index (χ4v) is 1.15. The van der Waals surface area contributed by atoms with Crippen molar-refractivity contribution >= 4 is 0 Å². The number of epoxide rings is 1. The van der Waals surface area contributed by atoms with E-state index in [1.165, 1.54) is 18.4 Å². The van der Waals surface area contributed by atoms with Gasteiger partial charge in [0.15, 0.2) is 0 Å². The molecule has 0 bridgehead atoms. The molecule has 11 heavy (non-hydrogen) atoms. The zero-order valence-electron chi connectivity index (χ0n) is 7.34. The monoisotopic (exact) mass is 152 g/mol. The van der Waals surface area contributed by atoms with Crippen LogP contribution in [0.1, 0.15) is 26.7 Å². The molecule has 1 saturated heterocycles. The van der Waals surface area contributed by atoms with Gasteiger partial charge in [-0.05, 0) is 18.4 Å². The van der Waals surface area contributed by atoms with Crippen LogP contribution in [-0.2, 0) is 4.74 Å². The first kappa shape index (κ1) is 8.54. The van der Waals surface area contributed by atoms with E-state index in [0.29, 0.717) is 6.10 Å². The van der Waals surface area contributed by atoms with Crippen molar-refractivity contribution in [2.24, 2.45) is 0 Å². The zero-order chi connectivity index (χ0) is 8.10. The molecule has 1 heteroatoms. The van der Waals surface area contributed by atoms with Crippen molar-refractivity contribution in [1.82, 2.24) is 0 Å². The van der Waals surface area contributed by atoms with Gasteiger partial charge >= 0.3 is 0 Å². The molecule has 1 aliphatic carbocycles. The molecule has 0 aromatic rings. The molecule has 1 aliphatic heterocycles. The molecule has 0 radical (unpaired) electrons. The van der Waals surface area contributed by atoms with Gasteiger partial charge in [-0.1, -0.05) is 32.1 Å². The lowest BCUT2D eigenvalue weighted by atomic mass is 10.0. The normalized spacial score (nSPS) is 26.7. The highest BCUT2D eigenvalue weighted by molar-refractivity contribution is 5.23. The van der Waals surface area contributed by atoms with Crippen molar-refractivity contribution in [1.29, 1.82) is 0 Å². The van der Waals surface area contributed by atoms with Gasteiger partial charge in [-0.2, -0.15) is 0 Å². The average molecular weight is 152 g/mol. The Morgan fingerprint density at radius 1 is 1.45 bits per heavy atom. The van der Waals surface area contributed by atoms with Crippen LogP contribution in [0.2, 0.25) is 0 Å². The Balaban J connectivity index is 0.000000281. The number of hydrogen-bond donors (Lipinski definition) is 0. The molecule has 0 aromatic carbocycles. The molecule has 1 unspecified atom stereocenters. The van der Waals surface area contributed by atoms with Crippen LogP contribution in [0.25, 0.3) is 0 Å². The SMILES string of the molecule is C1=CCCC(C2CO2)=C1.CC. The second-order valence-electron chi connectivity index (χ2n) is 2.53. The fraction of sp³-hybridized carbons (Fsp3) is 0.600. The smallest absolute Gasteiger partial charge is 0.102 e. The van der Waals surface area contributed by atoms with Gasteiger partial charge in [0, 0.05) is 0 Å². The molecule has 0 aromatic heterocycles. The predicted molar refractivity (Wildman–Crippen MR) is 47.5 cm³/mol. The third-order valence-electron chi connectivity index (χ3n) is 1.79. The van der Waals surface area contributed by atoms with Gasteiger partial charge in [0.05, 0.1) is 6.61 Å². The van der Waals surface area contributed by atoms with Crippen LogP contribution in [-0.4, -0.2) is 12.7 Å². The summed E-state index contributed by atoms with van der Waals surface area (Å²) >= 11 is 0. The van der Waals surface area contributed by atoms with Crippen LogP contribution < -0.4 is 0 Å². The summed E-state index contributed by atoms with van der Waals surface area (Å²) in [5, 5.41) is 0. The van der Waals surface area contributed by atoms with E-state index in [-0.39, 0.29) is 0 Å². The molecule has 1 fully saturated rings. The summed E-state index contributed by atoms with van der Waals surface area (Å²) in [4.78, 5) is 0. The van der Waals surface area contributed by atoms with Gasteiger partial charge < -0.3 is 4.74 Å². The Bertz CT molecular complexity index is 164. The Kier molecular flexibility index (Phi) is 3.37. The standard InChI is InChI=1S/C8H10O.C2H6/c1-2-4-7(5-3-1)8-6-9-8;1-2/h1-2,4,8H,3,5-6H2;1-2H3. The van der Waals surface area contributed by atoms with Crippen LogP contribution in [0, 0.1) is 0 Å². The lowest BCUT2D eigenvalue weighted by Gasteiger charge is -2.03. The van der Waals surface area contributed by atoms with Gasteiger partial charge in [-0.3, -0.25) is 0 Å².